The highest BCUT2D eigenvalue weighted by atomic mass is 79.9. The van der Waals surface area contributed by atoms with Gasteiger partial charge in [-0.3, -0.25) is 0 Å². The fourth-order valence-electron chi connectivity index (χ4n) is 2.02. The van der Waals surface area contributed by atoms with Gasteiger partial charge in [0.15, 0.2) is 0 Å². The Hall–Kier alpha value is -1.26. The van der Waals surface area contributed by atoms with Crippen LogP contribution in [0.25, 0.3) is 0 Å². The molecule has 2 aromatic rings. The van der Waals surface area contributed by atoms with Gasteiger partial charge in [0.2, 0.25) is 0 Å². The highest BCUT2D eigenvalue weighted by Gasteiger charge is 2.23. The van der Waals surface area contributed by atoms with Gasteiger partial charge in [0.25, 0.3) is 0 Å². The van der Waals surface area contributed by atoms with E-state index in [4.69, 9.17) is 5.73 Å². The van der Waals surface area contributed by atoms with Crippen molar-refractivity contribution in [2.24, 2.45) is 5.73 Å². The van der Waals surface area contributed by atoms with Crippen LogP contribution in [0.15, 0.2) is 46.9 Å². The summed E-state index contributed by atoms with van der Waals surface area (Å²) in [4.78, 5) is 0. The average Bonchev–Trinajstić information content (AvgIpc) is 2.33. The minimum absolute atomic E-state index is 0.229. The van der Waals surface area contributed by atoms with E-state index in [2.05, 4.69) is 15.9 Å². The quantitative estimate of drug-likeness (QED) is 0.901. The van der Waals surface area contributed by atoms with Crippen molar-refractivity contribution in [3.63, 3.8) is 0 Å². The average molecular weight is 326 g/mol. The van der Waals surface area contributed by atoms with Gasteiger partial charge in [0, 0.05) is 10.0 Å². The molecule has 0 spiro atoms. The Balaban J connectivity index is 2.33. The molecule has 0 aliphatic heterocycles. The second-order valence-electron chi connectivity index (χ2n) is 4.84. The molecule has 0 saturated carbocycles. The summed E-state index contributed by atoms with van der Waals surface area (Å²) in [5.74, 6) is -0.894. The summed E-state index contributed by atoms with van der Waals surface area (Å²) < 4.78 is 27.7. The van der Waals surface area contributed by atoms with Gasteiger partial charge in [-0.1, -0.05) is 28.1 Å². The van der Waals surface area contributed by atoms with E-state index in [1.54, 1.807) is 6.92 Å². The minimum Gasteiger partial charge on any atom is -0.321 e. The molecular formula is C15H14BrF2N. The lowest BCUT2D eigenvalue weighted by Crippen LogP contribution is -2.35. The van der Waals surface area contributed by atoms with Crippen LogP contribution in [0, 0.1) is 11.6 Å². The molecule has 2 N–H and O–H groups in total. The number of benzene rings is 2. The standard InChI is InChI=1S/C15H14BrF2N/c1-15(19,11-3-2-4-12(16)8-11)9-10-7-13(17)5-6-14(10)18/h2-8H,9,19H2,1H3. The van der Waals surface area contributed by atoms with Gasteiger partial charge >= 0.3 is 0 Å². The molecule has 0 saturated heterocycles. The molecule has 1 atom stereocenters. The van der Waals surface area contributed by atoms with Crippen LogP contribution in [-0.4, -0.2) is 0 Å². The molecule has 0 radical (unpaired) electrons. The molecule has 0 fully saturated rings. The molecule has 0 aliphatic carbocycles. The SMILES string of the molecule is CC(N)(Cc1cc(F)ccc1F)c1cccc(Br)c1. The molecular weight excluding hydrogens is 312 g/mol. The van der Waals surface area contributed by atoms with Crippen molar-refractivity contribution in [3.05, 3.63) is 69.7 Å². The fraction of sp³-hybridized carbons (Fsp3) is 0.200. The van der Waals surface area contributed by atoms with E-state index in [0.717, 1.165) is 22.2 Å². The first kappa shape index (κ1) is 14.2. The first-order valence-corrected chi connectivity index (χ1v) is 6.67. The summed E-state index contributed by atoms with van der Waals surface area (Å²) in [6, 6.07) is 10.9. The van der Waals surface area contributed by atoms with E-state index in [9.17, 15) is 8.78 Å². The Labute approximate surface area is 119 Å². The van der Waals surface area contributed by atoms with Crippen molar-refractivity contribution in [2.45, 2.75) is 18.9 Å². The van der Waals surface area contributed by atoms with Crippen LogP contribution in [0.4, 0.5) is 8.78 Å². The van der Waals surface area contributed by atoms with Crippen molar-refractivity contribution in [1.29, 1.82) is 0 Å². The third-order valence-electron chi connectivity index (χ3n) is 3.05. The zero-order valence-electron chi connectivity index (χ0n) is 10.5. The van der Waals surface area contributed by atoms with Crippen molar-refractivity contribution in [2.75, 3.05) is 0 Å². The van der Waals surface area contributed by atoms with Crippen molar-refractivity contribution in [1.82, 2.24) is 0 Å². The van der Waals surface area contributed by atoms with Crippen LogP contribution in [0.2, 0.25) is 0 Å². The zero-order chi connectivity index (χ0) is 14.0. The molecule has 100 valence electrons. The van der Waals surface area contributed by atoms with Gasteiger partial charge < -0.3 is 5.73 Å². The summed E-state index contributed by atoms with van der Waals surface area (Å²) >= 11 is 3.38. The lowest BCUT2D eigenvalue weighted by atomic mass is 9.86. The monoisotopic (exact) mass is 325 g/mol. The third-order valence-corrected chi connectivity index (χ3v) is 3.54. The van der Waals surface area contributed by atoms with Crippen LogP contribution >= 0.6 is 15.9 Å². The molecule has 0 heterocycles. The lowest BCUT2D eigenvalue weighted by molar-refractivity contribution is 0.472. The highest BCUT2D eigenvalue weighted by molar-refractivity contribution is 9.10. The molecule has 4 heteroatoms. The molecule has 0 aliphatic rings. The molecule has 0 amide bonds. The van der Waals surface area contributed by atoms with E-state index >= 15 is 0 Å². The highest BCUT2D eigenvalue weighted by Crippen LogP contribution is 2.26. The zero-order valence-corrected chi connectivity index (χ0v) is 12.0. The number of halogens is 3. The number of hydrogen-bond donors (Lipinski definition) is 1. The van der Waals surface area contributed by atoms with Crippen LogP contribution < -0.4 is 5.73 Å². The number of hydrogen-bond acceptors (Lipinski definition) is 1. The Morgan fingerprint density at radius 1 is 1.16 bits per heavy atom. The van der Waals surface area contributed by atoms with Crippen molar-refractivity contribution >= 4 is 15.9 Å². The Bertz CT molecular complexity index is 596. The number of rotatable bonds is 3. The van der Waals surface area contributed by atoms with Crippen LogP contribution in [0.3, 0.4) is 0 Å². The summed E-state index contributed by atoms with van der Waals surface area (Å²) in [6.07, 6.45) is 0.229. The second kappa shape index (κ2) is 5.39. The van der Waals surface area contributed by atoms with E-state index in [0.29, 0.717) is 0 Å². The predicted molar refractivity (Wildman–Crippen MR) is 75.7 cm³/mol. The fourth-order valence-corrected chi connectivity index (χ4v) is 2.42. The lowest BCUT2D eigenvalue weighted by Gasteiger charge is -2.26. The van der Waals surface area contributed by atoms with Crippen molar-refractivity contribution in [3.8, 4) is 0 Å². The van der Waals surface area contributed by atoms with E-state index in [1.165, 1.54) is 6.07 Å². The number of nitrogens with two attached hydrogens (primary N) is 1. The Kier molecular flexibility index (Phi) is 4.02. The van der Waals surface area contributed by atoms with Gasteiger partial charge in [0.05, 0.1) is 0 Å². The second-order valence-corrected chi connectivity index (χ2v) is 5.76. The van der Waals surface area contributed by atoms with Crippen LogP contribution in [-0.2, 0) is 12.0 Å². The maximum absolute atomic E-state index is 13.7. The van der Waals surface area contributed by atoms with Gasteiger partial charge in [-0.15, -0.1) is 0 Å². The summed E-state index contributed by atoms with van der Waals surface area (Å²) in [7, 11) is 0. The minimum atomic E-state index is -0.765. The molecule has 0 aromatic heterocycles. The summed E-state index contributed by atoms with van der Waals surface area (Å²) in [5.41, 5.74) is 6.63. The van der Waals surface area contributed by atoms with E-state index < -0.39 is 17.2 Å². The largest absolute Gasteiger partial charge is 0.321 e. The first-order valence-electron chi connectivity index (χ1n) is 5.87. The molecule has 19 heavy (non-hydrogen) atoms. The molecule has 2 rings (SSSR count). The molecule has 1 unspecified atom stereocenters. The van der Waals surface area contributed by atoms with Gasteiger partial charge in [-0.25, -0.2) is 8.78 Å². The third kappa shape index (κ3) is 3.39. The van der Waals surface area contributed by atoms with Crippen LogP contribution in [0.1, 0.15) is 18.1 Å². The predicted octanol–water partition coefficient (Wildman–Crippen LogP) is 4.14. The molecule has 2 aromatic carbocycles. The molecule has 0 bridgehead atoms. The maximum Gasteiger partial charge on any atom is 0.126 e. The van der Waals surface area contributed by atoms with Gasteiger partial charge in [-0.2, -0.15) is 0 Å². The van der Waals surface area contributed by atoms with Gasteiger partial charge in [-0.05, 0) is 54.8 Å². The van der Waals surface area contributed by atoms with Gasteiger partial charge in [0.1, 0.15) is 11.6 Å². The smallest absolute Gasteiger partial charge is 0.126 e. The van der Waals surface area contributed by atoms with Crippen LogP contribution in [0.5, 0.6) is 0 Å². The molecule has 1 nitrogen and oxygen atoms in total. The first-order chi connectivity index (χ1) is 8.88. The normalized spacial score (nSPS) is 14.2. The maximum atomic E-state index is 13.7. The summed E-state index contributed by atoms with van der Waals surface area (Å²) in [5, 5.41) is 0. The Morgan fingerprint density at radius 3 is 2.58 bits per heavy atom. The Morgan fingerprint density at radius 2 is 1.89 bits per heavy atom. The van der Waals surface area contributed by atoms with E-state index in [1.807, 2.05) is 24.3 Å². The van der Waals surface area contributed by atoms with E-state index in [-0.39, 0.29) is 12.0 Å². The van der Waals surface area contributed by atoms with Crippen molar-refractivity contribution < 1.29 is 8.78 Å². The topological polar surface area (TPSA) is 26.0 Å². The summed E-state index contributed by atoms with van der Waals surface area (Å²) in [6.45, 7) is 1.80.